The average Bonchev–Trinajstić information content (AvgIpc) is 1.62. The zero-order chi connectivity index (χ0) is 9.91. The van der Waals surface area contributed by atoms with Gasteiger partial charge in [-0.25, -0.2) is 0 Å². The first-order valence-electron chi connectivity index (χ1n) is 2.75. The molecule has 0 aromatic heterocycles. The van der Waals surface area contributed by atoms with Gasteiger partial charge < -0.3 is 11.6 Å². The van der Waals surface area contributed by atoms with E-state index in [2.05, 4.69) is 0 Å². The number of aliphatic hydroxyl groups is 2. The van der Waals surface area contributed by atoms with Crippen LogP contribution in [0.3, 0.4) is 0 Å². The Morgan fingerprint density at radius 2 is 1.08 bits per heavy atom. The number of rotatable bonds is 0. The molecule has 0 saturated heterocycles. The van der Waals surface area contributed by atoms with Crippen molar-refractivity contribution in [3.8, 4) is 0 Å². The minimum absolute atomic E-state index is 0. The van der Waals surface area contributed by atoms with Crippen molar-refractivity contribution in [3.05, 3.63) is 0 Å². The first-order valence-corrected chi connectivity index (χ1v) is 4.14. The van der Waals surface area contributed by atoms with E-state index in [1.807, 2.05) is 0 Å². The predicted octanol–water partition coefficient (Wildman–Crippen LogP) is -3.54. The molecular weight excluding hydrogens is 199 g/mol. The quantitative estimate of drug-likeness (QED) is 0.245. The van der Waals surface area contributed by atoms with Crippen LogP contribution in [0, 0.1) is 0 Å². The van der Waals surface area contributed by atoms with Crippen LogP contribution in [0.4, 0.5) is 0 Å². The fourth-order valence-electron chi connectivity index (χ4n) is 0. The molecule has 0 unspecified atom stereocenters. The Morgan fingerprint density at radius 1 is 1.08 bits per heavy atom. The molecule has 6 nitrogen and oxygen atoms in total. The molecule has 0 bridgehead atoms. The van der Waals surface area contributed by atoms with Gasteiger partial charge in [-0.15, -0.1) is 0 Å². The molecule has 0 aliphatic rings. The summed E-state index contributed by atoms with van der Waals surface area (Å²) in [7, 11) is -4.67. The molecule has 0 rings (SSSR count). The summed E-state index contributed by atoms with van der Waals surface area (Å²) >= 11 is 0. The molecule has 8 heteroatoms. The average molecular weight is 214 g/mol. The van der Waals surface area contributed by atoms with Gasteiger partial charge >= 0.3 is 40.0 Å². The summed E-state index contributed by atoms with van der Waals surface area (Å²) in [6.07, 6.45) is 0. The maximum absolute atomic E-state index is 8.74. The van der Waals surface area contributed by atoms with Crippen molar-refractivity contribution >= 4 is 10.4 Å². The van der Waals surface area contributed by atoms with E-state index >= 15 is 0 Å². The fourth-order valence-corrected chi connectivity index (χ4v) is 0. The van der Waals surface area contributed by atoms with Crippen LogP contribution in [-0.2, 0) is 10.4 Å². The van der Waals surface area contributed by atoms with Crippen LogP contribution in [0.25, 0.3) is 0 Å². The first kappa shape index (κ1) is 23.0. The zero-order valence-electron chi connectivity index (χ0n) is 8.43. The third-order valence-corrected chi connectivity index (χ3v) is 0. The largest absolute Gasteiger partial charge is 1.00 e. The Kier molecular flexibility index (Phi) is 34.1. The molecule has 0 fully saturated rings. The maximum atomic E-state index is 8.74. The standard InChI is InChI=1S/2C2H6O.Na.H2O4S.H/c2*1-2-3;;1-5(2,3)4;/h2*3H,2H2,1H3;;(H2,1,2,3,4);/q;;+1;;-1. The molecule has 0 spiro atoms. The van der Waals surface area contributed by atoms with Gasteiger partial charge in [0.05, 0.1) is 0 Å². The van der Waals surface area contributed by atoms with Gasteiger partial charge in [-0.2, -0.15) is 8.42 Å². The van der Waals surface area contributed by atoms with Crippen LogP contribution < -0.4 is 29.6 Å². The second-order valence-electron chi connectivity index (χ2n) is 1.08. The van der Waals surface area contributed by atoms with E-state index in [-0.39, 0.29) is 44.2 Å². The zero-order valence-corrected chi connectivity index (χ0v) is 10.2. The van der Waals surface area contributed by atoms with Gasteiger partial charge in [0.1, 0.15) is 0 Å². The van der Waals surface area contributed by atoms with Gasteiger partial charge in [-0.05, 0) is 13.8 Å². The molecule has 0 aliphatic heterocycles. The molecule has 0 heterocycles. The Bertz CT molecular complexity index is 128. The summed E-state index contributed by atoms with van der Waals surface area (Å²) in [5, 5.41) is 15.1. The molecule has 12 heavy (non-hydrogen) atoms. The van der Waals surface area contributed by atoms with Crippen molar-refractivity contribution in [1.82, 2.24) is 0 Å². The Balaban J connectivity index is -0.0000000240. The van der Waals surface area contributed by atoms with E-state index in [4.69, 9.17) is 27.7 Å². The minimum Gasteiger partial charge on any atom is -1.00 e. The van der Waals surface area contributed by atoms with Gasteiger partial charge in [0.25, 0.3) is 0 Å². The van der Waals surface area contributed by atoms with Crippen LogP contribution in [-0.4, -0.2) is 41.0 Å². The summed E-state index contributed by atoms with van der Waals surface area (Å²) < 4.78 is 31.6. The van der Waals surface area contributed by atoms with Crippen LogP contribution in [0.5, 0.6) is 0 Å². The van der Waals surface area contributed by atoms with E-state index in [1.165, 1.54) is 0 Å². The van der Waals surface area contributed by atoms with E-state index in [9.17, 15) is 0 Å². The summed E-state index contributed by atoms with van der Waals surface area (Å²) in [6, 6.07) is 0. The van der Waals surface area contributed by atoms with E-state index in [0.717, 1.165) is 0 Å². The second-order valence-corrected chi connectivity index (χ2v) is 1.98. The summed E-state index contributed by atoms with van der Waals surface area (Å²) in [5.41, 5.74) is 0. The van der Waals surface area contributed by atoms with Crippen molar-refractivity contribution in [2.45, 2.75) is 13.8 Å². The van der Waals surface area contributed by atoms with Crippen LogP contribution in [0.1, 0.15) is 15.3 Å². The molecule has 0 amide bonds. The smallest absolute Gasteiger partial charge is 1.00 e. The normalized spacial score (nSPS) is 7.83. The van der Waals surface area contributed by atoms with Crippen molar-refractivity contribution in [2.24, 2.45) is 0 Å². The number of hydrogen-bond acceptors (Lipinski definition) is 4. The van der Waals surface area contributed by atoms with Crippen molar-refractivity contribution in [2.75, 3.05) is 13.2 Å². The summed E-state index contributed by atoms with van der Waals surface area (Å²) in [5.74, 6) is 0. The molecule has 74 valence electrons. The topological polar surface area (TPSA) is 115 Å². The fraction of sp³-hybridized carbons (Fsp3) is 1.00. The Labute approximate surface area is 96.0 Å². The third kappa shape index (κ3) is 1660. The minimum atomic E-state index is -4.67. The molecule has 0 saturated carbocycles. The molecular formula is C4H15NaO6S. The van der Waals surface area contributed by atoms with Crippen LogP contribution >= 0.6 is 0 Å². The van der Waals surface area contributed by atoms with Gasteiger partial charge in [0.15, 0.2) is 0 Å². The van der Waals surface area contributed by atoms with Crippen molar-refractivity contribution in [3.63, 3.8) is 0 Å². The number of hydrogen-bond donors (Lipinski definition) is 4. The molecule has 0 atom stereocenters. The van der Waals surface area contributed by atoms with Crippen molar-refractivity contribution < 1.29 is 58.7 Å². The van der Waals surface area contributed by atoms with Gasteiger partial charge in [0, 0.05) is 13.2 Å². The second kappa shape index (κ2) is 17.8. The molecule has 0 radical (unpaired) electrons. The monoisotopic (exact) mass is 214 g/mol. The molecule has 0 aliphatic carbocycles. The van der Waals surface area contributed by atoms with E-state index < -0.39 is 10.4 Å². The Morgan fingerprint density at radius 3 is 1.08 bits per heavy atom. The van der Waals surface area contributed by atoms with E-state index in [1.54, 1.807) is 13.8 Å². The van der Waals surface area contributed by atoms with Gasteiger partial charge in [0.2, 0.25) is 0 Å². The Hall–Kier alpha value is 0.790. The SMILES string of the molecule is CCO.CCO.O=S(=O)(O)O.[H-].[Na+]. The van der Waals surface area contributed by atoms with Crippen LogP contribution in [0.15, 0.2) is 0 Å². The van der Waals surface area contributed by atoms with E-state index in [0.29, 0.717) is 0 Å². The van der Waals surface area contributed by atoms with Gasteiger partial charge in [-0.3, -0.25) is 9.11 Å². The molecule has 4 N–H and O–H groups in total. The van der Waals surface area contributed by atoms with Crippen LogP contribution in [0.2, 0.25) is 0 Å². The molecule has 0 aromatic carbocycles. The van der Waals surface area contributed by atoms with Gasteiger partial charge in [-0.1, -0.05) is 0 Å². The third-order valence-electron chi connectivity index (χ3n) is 0. The molecule has 0 aromatic rings. The predicted molar refractivity (Wildman–Crippen MR) is 40.8 cm³/mol. The maximum Gasteiger partial charge on any atom is 1.00 e. The van der Waals surface area contributed by atoms with Crippen molar-refractivity contribution in [1.29, 1.82) is 0 Å². The summed E-state index contributed by atoms with van der Waals surface area (Å²) in [6.45, 7) is 3.86. The first-order chi connectivity index (χ1) is 4.83. The number of aliphatic hydroxyl groups excluding tert-OH is 2. The summed E-state index contributed by atoms with van der Waals surface area (Å²) in [4.78, 5) is 0.